The van der Waals surface area contributed by atoms with Crippen LogP contribution in [-0.4, -0.2) is 28.5 Å². The number of nitrogens with one attached hydrogen (secondary N) is 1. The number of carbonyl (C=O) groups excluding carboxylic acids is 2. The second-order valence-corrected chi connectivity index (χ2v) is 4.88. The lowest BCUT2D eigenvalue weighted by Gasteiger charge is -2.15. The summed E-state index contributed by atoms with van der Waals surface area (Å²) in [5, 5.41) is 3.27. The van der Waals surface area contributed by atoms with Gasteiger partial charge in [0.2, 0.25) is 0 Å². The van der Waals surface area contributed by atoms with E-state index in [-0.39, 0.29) is 11.7 Å². The average Bonchev–Trinajstić information content (AvgIpc) is 2.53. The van der Waals surface area contributed by atoms with Crippen LogP contribution in [0.1, 0.15) is 29.0 Å². The Kier molecular flexibility index (Phi) is 5.43. The lowest BCUT2D eigenvalue weighted by atomic mass is 10.1. The van der Waals surface area contributed by atoms with E-state index >= 15 is 0 Å². The molecule has 6 nitrogen and oxygen atoms in total. The van der Waals surface area contributed by atoms with Gasteiger partial charge in [0.25, 0.3) is 5.91 Å². The van der Waals surface area contributed by atoms with Gasteiger partial charge in [-0.25, -0.2) is 9.78 Å². The highest BCUT2D eigenvalue weighted by Crippen LogP contribution is 2.21. The highest BCUT2D eigenvalue weighted by Gasteiger charge is 2.15. The Hall–Kier alpha value is -2.47. The number of amides is 1. The molecule has 7 heteroatoms. The number of halogens is 1. The van der Waals surface area contributed by atoms with Crippen LogP contribution >= 0.6 is 11.6 Å². The van der Waals surface area contributed by atoms with E-state index in [0.717, 1.165) is 5.56 Å². The molecule has 1 aromatic heterocycles. The number of hydrogen-bond donors (Lipinski definition) is 1. The summed E-state index contributed by atoms with van der Waals surface area (Å²) in [5.74, 6) is -1.13. The maximum Gasteiger partial charge on any atom is 0.359 e. The molecule has 0 unspecified atom stereocenters. The smallest absolute Gasteiger partial charge is 0.359 e. The van der Waals surface area contributed by atoms with Crippen molar-refractivity contribution in [3.05, 3.63) is 59.1 Å². The predicted molar refractivity (Wildman–Crippen MR) is 80.3 cm³/mol. The van der Waals surface area contributed by atoms with Gasteiger partial charge in [-0.2, -0.15) is 0 Å². The molecule has 0 aliphatic rings. The lowest BCUT2D eigenvalue weighted by molar-refractivity contribution is -0.124. The number of carbonyl (C=O) groups is 2. The second kappa shape index (κ2) is 7.51. The molecular weight excluding hydrogens is 306 g/mol. The largest absolute Gasteiger partial charge is 0.451 e. The zero-order chi connectivity index (χ0) is 15.9. The summed E-state index contributed by atoms with van der Waals surface area (Å²) < 4.78 is 4.87. The fraction of sp³-hybridized carbons (Fsp3) is 0.200. The molecule has 1 amide bonds. The number of rotatable bonds is 5. The molecule has 114 valence electrons. The number of esters is 1. The molecule has 22 heavy (non-hydrogen) atoms. The number of aromatic nitrogens is 2. The van der Waals surface area contributed by atoms with Crippen molar-refractivity contribution in [1.29, 1.82) is 0 Å². The molecule has 2 aromatic rings. The molecule has 1 N–H and O–H groups in total. The second-order valence-electron chi connectivity index (χ2n) is 4.48. The van der Waals surface area contributed by atoms with Gasteiger partial charge in [0, 0.05) is 17.4 Å². The zero-order valence-corrected chi connectivity index (χ0v) is 12.6. The van der Waals surface area contributed by atoms with Crippen molar-refractivity contribution in [3.8, 4) is 0 Å². The molecule has 1 aromatic carbocycles. The fourth-order valence-corrected chi connectivity index (χ4v) is 2.10. The van der Waals surface area contributed by atoms with E-state index in [9.17, 15) is 9.59 Å². The SMILES string of the molecule is C[C@H](NC(=O)COC(=O)c1cnccn1)c1ccccc1Cl. The van der Waals surface area contributed by atoms with Crippen LogP contribution in [0.5, 0.6) is 0 Å². The Morgan fingerprint density at radius 2 is 2.09 bits per heavy atom. The summed E-state index contributed by atoms with van der Waals surface area (Å²) in [6, 6.07) is 6.91. The van der Waals surface area contributed by atoms with E-state index < -0.39 is 18.5 Å². The third-order valence-electron chi connectivity index (χ3n) is 2.86. The maximum atomic E-state index is 11.8. The van der Waals surface area contributed by atoms with Crippen LogP contribution in [0.15, 0.2) is 42.9 Å². The minimum Gasteiger partial charge on any atom is -0.451 e. The normalized spacial score (nSPS) is 11.5. The summed E-state index contributed by atoms with van der Waals surface area (Å²) in [7, 11) is 0. The summed E-state index contributed by atoms with van der Waals surface area (Å²) in [5.41, 5.74) is 0.840. The third-order valence-corrected chi connectivity index (χ3v) is 3.20. The summed E-state index contributed by atoms with van der Waals surface area (Å²) in [4.78, 5) is 31.0. The minimum atomic E-state index is -0.700. The van der Waals surface area contributed by atoms with Gasteiger partial charge in [0.05, 0.1) is 12.2 Å². The molecule has 0 aliphatic carbocycles. The molecule has 0 radical (unpaired) electrons. The molecule has 0 aliphatic heterocycles. The van der Waals surface area contributed by atoms with Crippen molar-refractivity contribution in [2.75, 3.05) is 6.61 Å². The van der Waals surface area contributed by atoms with Crippen LogP contribution in [-0.2, 0) is 9.53 Å². The Morgan fingerprint density at radius 3 is 2.77 bits per heavy atom. The van der Waals surface area contributed by atoms with E-state index in [1.165, 1.54) is 18.6 Å². The van der Waals surface area contributed by atoms with Crippen LogP contribution in [0.4, 0.5) is 0 Å². The first-order valence-corrected chi connectivity index (χ1v) is 6.92. The van der Waals surface area contributed by atoms with Gasteiger partial charge < -0.3 is 10.1 Å². The van der Waals surface area contributed by atoms with Gasteiger partial charge in [-0.05, 0) is 18.6 Å². The predicted octanol–water partition coefficient (Wildman–Crippen LogP) is 2.16. The van der Waals surface area contributed by atoms with Crippen molar-refractivity contribution in [2.45, 2.75) is 13.0 Å². The van der Waals surface area contributed by atoms with Gasteiger partial charge in [-0.1, -0.05) is 29.8 Å². The highest BCUT2D eigenvalue weighted by molar-refractivity contribution is 6.31. The molecule has 1 atom stereocenters. The number of nitrogens with zero attached hydrogens (tertiary/aromatic N) is 2. The number of hydrogen-bond acceptors (Lipinski definition) is 5. The monoisotopic (exact) mass is 319 g/mol. The Morgan fingerprint density at radius 1 is 1.32 bits per heavy atom. The van der Waals surface area contributed by atoms with Gasteiger partial charge in [0.15, 0.2) is 12.3 Å². The molecule has 0 fully saturated rings. The van der Waals surface area contributed by atoms with Crippen LogP contribution in [0.25, 0.3) is 0 Å². The minimum absolute atomic E-state index is 0.0504. The third kappa shape index (κ3) is 4.26. The molecule has 0 saturated carbocycles. The van der Waals surface area contributed by atoms with Crippen molar-refractivity contribution >= 4 is 23.5 Å². The maximum absolute atomic E-state index is 11.8. The molecular formula is C15H14ClN3O3. The fourth-order valence-electron chi connectivity index (χ4n) is 1.80. The summed E-state index contributed by atoms with van der Waals surface area (Å²) >= 11 is 6.06. The zero-order valence-electron chi connectivity index (χ0n) is 11.8. The Bertz CT molecular complexity index is 664. The summed E-state index contributed by atoms with van der Waals surface area (Å²) in [6.07, 6.45) is 4.08. The van der Waals surface area contributed by atoms with E-state index in [1.54, 1.807) is 13.0 Å². The van der Waals surface area contributed by atoms with E-state index in [4.69, 9.17) is 16.3 Å². The number of benzene rings is 1. The standard InChI is InChI=1S/C15H14ClN3O3/c1-10(11-4-2-3-5-12(11)16)19-14(20)9-22-15(21)13-8-17-6-7-18-13/h2-8,10H,9H2,1H3,(H,19,20)/t10-/m0/s1. The molecule has 0 bridgehead atoms. The van der Waals surface area contributed by atoms with Crippen LogP contribution in [0.3, 0.4) is 0 Å². The topological polar surface area (TPSA) is 81.2 Å². The van der Waals surface area contributed by atoms with E-state index in [1.807, 2.05) is 18.2 Å². The molecule has 0 saturated heterocycles. The first-order chi connectivity index (χ1) is 10.6. The first kappa shape index (κ1) is 15.9. The molecule has 0 spiro atoms. The Labute approximate surface area is 132 Å². The summed E-state index contributed by atoms with van der Waals surface area (Å²) in [6.45, 7) is 1.40. The highest BCUT2D eigenvalue weighted by atomic mass is 35.5. The first-order valence-electron chi connectivity index (χ1n) is 6.55. The Balaban J connectivity index is 1.86. The van der Waals surface area contributed by atoms with E-state index in [0.29, 0.717) is 5.02 Å². The van der Waals surface area contributed by atoms with Gasteiger partial charge in [-0.3, -0.25) is 9.78 Å². The van der Waals surface area contributed by atoms with E-state index in [2.05, 4.69) is 15.3 Å². The van der Waals surface area contributed by atoms with Gasteiger partial charge >= 0.3 is 5.97 Å². The van der Waals surface area contributed by atoms with Crippen LogP contribution < -0.4 is 5.32 Å². The lowest BCUT2D eigenvalue weighted by Crippen LogP contribution is -2.31. The van der Waals surface area contributed by atoms with Crippen molar-refractivity contribution in [3.63, 3.8) is 0 Å². The molecule has 1 heterocycles. The van der Waals surface area contributed by atoms with Gasteiger partial charge in [-0.15, -0.1) is 0 Å². The van der Waals surface area contributed by atoms with Crippen molar-refractivity contribution < 1.29 is 14.3 Å². The number of ether oxygens (including phenoxy) is 1. The van der Waals surface area contributed by atoms with Crippen molar-refractivity contribution in [1.82, 2.24) is 15.3 Å². The average molecular weight is 320 g/mol. The quantitative estimate of drug-likeness (QED) is 0.854. The van der Waals surface area contributed by atoms with Crippen LogP contribution in [0.2, 0.25) is 5.02 Å². The van der Waals surface area contributed by atoms with Crippen molar-refractivity contribution in [2.24, 2.45) is 0 Å². The van der Waals surface area contributed by atoms with Gasteiger partial charge in [0.1, 0.15) is 0 Å². The molecule has 2 rings (SSSR count). The van der Waals surface area contributed by atoms with Crippen LogP contribution in [0, 0.1) is 0 Å².